The smallest absolute Gasteiger partial charge is 0.276 e. The minimum atomic E-state index is -0.442. The molecule has 0 saturated carbocycles. The summed E-state index contributed by atoms with van der Waals surface area (Å²) < 4.78 is 0. The first-order valence-corrected chi connectivity index (χ1v) is 6.11. The predicted octanol–water partition coefficient (Wildman–Crippen LogP) is 2.60. The Morgan fingerprint density at radius 2 is 2.10 bits per heavy atom. The zero-order chi connectivity index (χ0) is 14.5. The van der Waals surface area contributed by atoms with Crippen molar-refractivity contribution in [2.75, 3.05) is 17.7 Å². The molecule has 2 aromatic rings. The summed E-state index contributed by atoms with van der Waals surface area (Å²) in [5.74, 6) is 0.889. The molecule has 0 radical (unpaired) electrons. The lowest BCUT2D eigenvalue weighted by Crippen LogP contribution is -2.09. The third kappa shape index (κ3) is 3.19. The van der Waals surface area contributed by atoms with Gasteiger partial charge in [0.15, 0.2) is 0 Å². The second kappa shape index (κ2) is 5.96. The Hall–Kier alpha value is -2.70. The van der Waals surface area contributed by atoms with E-state index in [0.717, 1.165) is 5.56 Å². The van der Waals surface area contributed by atoms with E-state index >= 15 is 0 Å². The summed E-state index contributed by atoms with van der Waals surface area (Å²) in [6, 6.07) is 6.52. The summed E-state index contributed by atoms with van der Waals surface area (Å²) in [4.78, 5) is 18.7. The Kier molecular flexibility index (Phi) is 4.09. The standard InChI is InChI=1S/C13H15N5O2/c1-9(10-4-3-5-15-8-10)16-13-7-11(18(19)20)6-12(14-2)17-13/h3-9H,1-2H3,(H2,14,16,17). The van der Waals surface area contributed by atoms with Crippen LogP contribution in [0.4, 0.5) is 17.3 Å². The summed E-state index contributed by atoms with van der Waals surface area (Å²) >= 11 is 0. The molecule has 0 fully saturated rings. The van der Waals surface area contributed by atoms with E-state index in [2.05, 4.69) is 20.6 Å². The number of nitrogens with one attached hydrogen (secondary N) is 2. The van der Waals surface area contributed by atoms with E-state index in [4.69, 9.17) is 0 Å². The third-order valence-electron chi connectivity index (χ3n) is 2.83. The van der Waals surface area contributed by atoms with E-state index in [1.807, 2.05) is 19.1 Å². The number of hydrogen-bond acceptors (Lipinski definition) is 6. The zero-order valence-electron chi connectivity index (χ0n) is 11.2. The monoisotopic (exact) mass is 273 g/mol. The second-order valence-electron chi connectivity index (χ2n) is 4.26. The van der Waals surface area contributed by atoms with Crippen LogP contribution in [0.1, 0.15) is 18.5 Å². The molecule has 1 atom stereocenters. The number of hydrogen-bond donors (Lipinski definition) is 2. The van der Waals surface area contributed by atoms with Crippen LogP contribution in [0.2, 0.25) is 0 Å². The Morgan fingerprint density at radius 3 is 2.70 bits per heavy atom. The average Bonchev–Trinajstić information content (AvgIpc) is 2.47. The van der Waals surface area contributed by atoms with Crippen molar-refractivity contribution in [3.8, 4) is 0 Å². The minimum Gasteiger partial charge on any atom is -0.373 e. The number of aromatic nitrogens is 2. The first-order valence-electron chi connectivity index (χ1n) is 6.11. The van der Waals surface area contributed by atoms with E-state index in [-0.39, 0.29) is 11.7 Å². The van der Waals surface area contributed by atoms with Gasteiger partial charge in [0.1, 0.15) is 11.6 Å². The minimum absolute atomic E-state index is 0.00904. The fourth-order valence-electron chi connectivity index (χ4n) is 1.76. The molecule has 1 unspecified atom stereocenters. The highest BCUT2D eigenvalue weighted by atomic mass is 16.6. The number of nitrogens with zero attached hydrogens (tertiary/aromatic N) is 3. The molecule has 2 aromatic heterocycles. The maximum atomic E-state index is 10.9. The lowest BCUT2D eigenvalue weighted by molar-refractivity contribution is -0.384. The molecule has 2 heterocycles. The van der Waals surface area contributed by atoms with Gasteiger partial charge >= 0.3 is 0 Å². The zero-order valence-corrected chi connectivity index (χ0v) is 11.2. The first-order chi connectivity index (χ1) is 9.60. The summed E-state index contributed by atoms with van der Waals surface area (Å²) in [5.41, 5.74) is 0.969. The van der Waals surface area contributed by atoms with E-state index in [1.54, 1.807) is 19.4 Å². The number of pyridine rings is 2. The number of rotatable bonds is 5. The molecule has 2 N–H and O–H groups in total. The second-order valence-corrected chi connectivity index (χ2v) is 4.26. The molecule has 7 nitrogen and oxygen atoms in total. The fraction of sp³-hybridized carbons (Fsp3) is 0.231. The maximum absolute atomic E-state index is 10.9. The summed E-state index contributed by atoms with van der Waals surface area (Å²) in [7, 11) is 1.67. The molecule has 0 aliphatic heterocycles. The van der Waals surface area contributed by atoms with E-state index < -0.39 is 4.92 Å². The van der Waals surface area contributed by atoms with Crippen molar-refractivity contribution < 1.29 is 4.92 Å². The molecular weight excluding hydrogens is 258 g/mol. The lowest BCUT2D eigenvalue weighted by atomic mass is 10.1. The maximum Gasteiger partial charge on any atom is 0.276 e. The van der Waals surface area contributed by atoms with Gasteiger partial charge in [-0.2, -0.15) is 0 Å². The predicted molar refractivity (Wildman–Crippen MR) is 76.7 cm³/mol. The molecule has 0 saturated heterocycles. The van der Waals surface area contributed by atoms with Crippen LogP contribution in [-0.2, 0) is 0 Å². The average molecular weight is 273 g/mol. The molecule has 20 heavy (non-hydrogen) atoms. The topological polar surface area (TPSA) is 93.0 Å². The van der Waals surface area contributed by atoms with Gasteiger partial charge < -0.3 is 10.6 Å². The highest BCUT2D eigenvalue weighted by Gasteiger charge is 2.13. The van der Waals surface area contributed by atoms with Gasteiger partial charge in [-0.1, -0.05) is 6.07 Å². The van der Waals surface area contributed by atoms with Crippen LogP contribution in [0.3, 0.4) is 0 Å². The Balaban J connectivity index is 2.24. The van der Waals surface area contributed by atoms with Crippen LogP contribution in [0.5, 0.6) is 0 Å². The first kappa shape index (κ1) is 13.7. The van der Waals surface area contributed by atoms with E-state index in [9.17, 15) is 10.1 Å². The SMILES string of the molecule is CNc1cc([N+](=O)[O-])cc(NC(C)c2cccnc2)n1. The van der Waals surface area contributed by atoms with Crippen molar-refractivity contribution in [3.05, 3.63) is 52.3 Å². The molecule has 7 heteroatoms. The molecular formula is C13H15N5O2. The van der Waals surface area contributed by atoms with Crippen molar-refractivity contribution in [1.29, 1.82) is 0 Å². The van der Waals surface area contributed by atoms with Crippen LogP contribution in [0.25, 0.3) is 0 Å². The highest BCUT2D eigenvalue weighted by Crippen LogP contribution is 2.23. The summed E-state index contributed by atoms with van der Waals surface area (Å²) in [6.07, 6.45) is 3.44. The highest BCUT2D eigenvalue weighted by molar-refractivity contribution is 5.55. The normalized spacial score (nSPS) is 11.7. The van der Waals surface area contributed by atoms with Crippen molar-refractivity contribution >= 4 is 17.3 Å². The Labute approximate surface area is 116 Å². The molecule has 0 aliphatic rings. The molecule has 104 valence electrons. The van der Waals surface area contributed by atoms with Crippen LogP contribution >= 0.6 is 0 Å². The Bertz CT molecular complexity index is 603. The number of anilines is 2. The molecule has 2 rings (SSSR count). The Morgan fingerprint density at radius 1 is 1.35 bits per heavy atom. The van der Waals surface area contributed by atoms with Gasteiger partial charge in [0.25, 0.3) is 5.69 Å². The summed E-state index contributed by atoms with van der Waals surface area (Å²) in [6.45, 7) is 1.94. The molecule has 0 spiro atoms. The van der Waals surface area contributed by atoms with Gasteiger partial charge in [-0.25, -0.2) is 4.98 Å². The quantitative estimate of drug-likeness (QED) is 0.642. The van der Waals surface area contributed by atoms with Crippen LogP contribution in [0.15, 0.2) is 36.7 Å². The van der Waals surface area contributed by atoms with E-state index in [0.29, 0.717) is 11.6 Å². The lowest BCUT2D eigenvalue weighted by Gasteiger charge is -2.15. The molecule has 0 amide bonds. The van der Waals surface area contributed by atoms with Crippen molar-refractivity contribution in [2.45, 2.75) is 13.0 Å². The van der Waals surface area contributed by atoms with Gasteiger partial charge in [-0.3, -0.25) is 15.1 Å². The van der Waals surface area contributed by atoms with Gasteiger partial charge in [0.05, 0.1) is 23.1 Å². The van der Waals surface area contributed by atoms with Crippen LogP contribution < -0.4 is 10.6 Å². The molecule has 0 bridgehead atoms. The third-order valence-corrected chi connectivity index (χ3v) is 2.83. The molecule has 0 aromatic carbocycles. The van der Waals surface area contributed by atoms with Crippen LogP contribution in [-0.4, -0.2) is 21.9 Å². The van der Waals surface area contributed by atoms with Gasteiger partial charge in [-0.05, 0) is 18.6 Å². The van der Waals surface area contributed by atoms with Crippen molar-refractivity contribution in [2.24, 2.45) is 0 Å². The van der Waals surface area contributed by atoms with Crippen molar-refractivity contribution in [3.63, 3.8) is 0 Å². The van der Waals surface area contributed by atoms with Gasteiger partial charge in [0.2, 0.25) is 0 Å². The summed E-state index contributed by atoms with van der Waals surface area (Å²) in [5, 5.41) is 16.8. The van der Waals surface area contributed by atoms with Gasteiger partial charge in [0, 0.05) is 19.4 Å². The number of nitro groups is 1. The fourth-order valence-corrected chi connectivity index (χ4v) is 1.76. The van der Waals surface area contributed by atoms with Crippen LogP contribution in [0, 0.1) is 10.1 Å². The largest absolute Gasteiger partial charge is 0.373 e. The molecule has 0 aliphatic carbocycles. The van der Waals surface area contributed by atoms with E-state index in [1.165, 1.54) is 12.1 Å². The van der Waals surface area contributed by atoms with Crippen molar-refractivity contribution in [1.82, 2.24) is 9.97 Å². The van der Waals surface area contributed by atoms with Gasteiger partial charge in [-0.15, -0.1) is 0 Å².